The lowest BCUT2D eigenvalue weighted by Crippen LogP contribution is -2.06. The van der Waals surface area contributed by atoms with Crippen LogP contribution >= 0.6 is 0 Å². The molecule has 5 aromatic rings. The molecule has 158 valence electrons. The third kappa shape index (κ3) is 3.81. The molecule has 0 aliphatic rings. The third-order valence-corrected chi connectivity index (χ3v) is 5.03. The van der Waals surface area contributed by atoms with Gasteiger partial charge in [0.15, 0.2) is 5.69 Å². The lowest BCUT2D eigenvalue weighted by molar-refractivity contribution is -0.141. The molecule has 0 bridgehead atoms. The Hall–Kier alpha value is -4.11. The second kappa shape index (κ2) is 8.56. The number of nitriles is 1. The zero-order valence-corrected chi connectivity index (χ0v) is 17.1. The molecule has 2 heterocycles. The van der Waals surface area contributed by atoms with E-state index in [-0.39, 0.29) is 0 Å². The molecule has 0 saturated heterocycles. The van der Waals surface area contributed by atoms with Gasteiger partial charge in [-0.15, -0.1) is 0 Å². The Balaban J connectivity index is 0.000000775. The molecule has 0 aliphatic carbocycles. The maximum atomic E-state index is 13.5. The van der Waals surface area contributed by atoms with Crippen molar-refractivity contribution >= 4 is 16.3 Å². The van der Waals surface area contributed by atoms with Crippen molar-refractivity contribution in [1.82, 2.24) is 9.61 Å². The number of nitrogens with zero attached hydrogens (tertiary/aromatic N) is 3. The van der Waals surface area contributed by atoms with Crippen LogP contribution in [0.5, 0.6) is 0 Å². The number of benzene rings is 3. The molecule has 0 atom stereocenters. The van der Waals surface area contributed by atoms with Crippen molar-refractivity contribution in [3.05, 3.63) is 96.7 Å². The van der Waals surface area contributed by atoms with Crippen LogP contribution in [0, 0.1) is 11.3 Å². The molecule has 0 saturated carbocycles. The van der Waals surface area contributed by atoms with Gasteiger partial charge in [0, 0.05) is 23.4 Å². The van der Waals surface area contributed by atoms with Gasteiger partial charge >= 0.3 is 6.18 Å². The quantitative estimate of drug-likeness (QED) is 0.294. The fourth-order valence-electron chi connectivity index (χ4n) is 3.80. The van der Waals surface area contributed by atoms with Gasteiger partial charge < -0.3 is 0 Å². The van der Waals surface area contributed by atoms with Crippen LogP contribution in [0.2, 0.25) is 0 Å². The van der Waals surface area contributed by atoms with Crippen molar-refractivity contribution in [2.45, 2.75) is 13.1 Å². The smallest absolute Gasteiger partial charge is 0.231 e. The number of hydrogen-bond acceptors (Lipinski definition) is 2. The van der Waals surface area contributed by atoms with Crippen LogP contribution in [-0.2, 0) is 6.18 Å². The molecule has 6 heteroatoms. The van der Waals surface area contributed by atoms with E-state index in [2.05, 4.69) is 5.10 Å². The molecule has 0 aliphatic heterocycles. The first kappa shape index (κ1) is 21.1. The van der Waals surface area contributed by atoms with Gasteiger partial charge in [-0.2, -0.15) is 23.5 Å². The van der Waals surface area contributed by atoms with Crippen LogP contribution < -0.4 is 0 Å². The molecular weight excluding hydrogens is 411 g/mol. The summed E-state index contributed by atoms with van der Waals surface area (Å²) in [5.41, 5.74) is 2.77. The van der Waals surface area contributed by atoms with E-state index >= 15 is 0 Å². The van der Waals surface area contributed by atoms with Gasteiger partial charge in [0.2, 0.25) is 0 Å². The summed E-state index contributed by atoms with van der Waals surface area (Å²) in [5.74, 6) is 0. The lowest BCUT2D eigenvalue weighted by Gasteiger charge is -2.16. The molecular formula is C26H18F3N3. The third-order valence-electron chi connectivity index (χ3n) is 5.03. The summed E-state index contributed by atoms with van der Waals surface area (Å²) < 4.78 is 42.0. The molecule has 3 aromatic carbocycles. The zero-order chi connectivity index (χ0) is 22.7. The maximum Gasteiger partial charge on any atom is 0.435 e. The minimum atomic E-state index is -4.52. The van der Waals surface area contributed by atoms with Crippen molar-refractivity contribution < 1.29 is 13.2 Å². The van der Waals surface area contributed by atoms with Gasteiger partial charge in [-0.25, -0.2) is 4.52 Å². The predicted molar refractivity (Wildman–Crippen MR) is 120 cm³/mol. The highest BCUT2D eigenvalue weighted by Gasteiger charge is 2.35. The molecule has 32 heavy (non-hydrogen) atoms. The molecule has 0 spiro atoms. The van der Waals surface area contributed by atoms with E-state index in [4.69, 9.17) is 5.26 Å². The summed E-state index contributed by atoms with van der Waals surface area (Å²) in [4.78, 5) is 0. The van der Waals surface area contributed by atoms with Gasteiger partial charge in [-0.05, 0) is 17.0 Å². The van der Waals surface area contributed by atoms with E-state index in [1.165, 1.54) is 11.4 Å². The fourth-order valence-corrected chi connectivity index (χ4v) is 3.80. The normalized spacial score (nSPS) is 11.1. The number of hydrogen-bond donors (Lipinski definition) is 0. The Labute approximate surface area is 183 Å². The van der Waals surface area contributed by atoms with E-state index in [1.54, 1.807) is 6.07 Å². The van der Waals surface area contributed by atoms with E-state index in [9.17, 15) is 13.2 Å². The molecule has 0 fully saturated rings. The number of rotatable bonds is 2. The van der Waals surface area contributed by atoms with E-state index in [0.29, 0.717) is 11.2 Å². The SMILES string of the molecule is CC#N.FC(F)(F)c1cc2c3ccccc3c(-c3ccccc3)c(-c3ccccc3)n2n1. The van der Waals surface area contributed by atoms with Crippen LogP contribution in [0.25, 0.3) is 38.7 Å². The summed E-state index contributed by atoms with van der Waals surface area (Å²) in [6.45, 7) is 1.43. The van der Waals surface area contributed by atoms with Gasteiger partial charge in [0.05, 0.1) is 17.3 Å². The van der Waals surface area contributed by atoms with Crippen molar-refractivity contribution in [3.63, 3.8) is 0 Å². The molecule has 5 rings (SSSR count). The largest absolute Gasteiger partial charge is 0.435 e. The topological polar surface area (TPSA) is 41.1 Å². The second-order valence-corrected chi connectivity index (χ2v) is 7.05. The molecule has 0 radical (unpaired) electrons. The summed E-state index contributed by atoms with van der Waals surface area (Å²) >= 11 is 0. The minimum Gasteiger partial charge on any atom is -0.231 e. The maximum absolute atomic E-state index is 13.5. The van der Waals surface area contributed by atoms with Crippen LogP contribution in [0.15, 0.2) is 91.0 Å². The highest BCUT2D eigenvalue weighted by Crippen LogP contribution is 2.41. The second-order valence-electron chi connectivity index (χ2n) is 7.05. The Morgan fingerprint density at radius 1 is 0.781 bits per heavy atom. The first-order chi connectivity index (χ1) is 15.5. The number of pyridine rings is 1. The van der Waals surface area contributed by atoms with Gasteiger partial charge in [-0.1, -0.05) is 84.9 Å². The zero-order valence-electron chi connectivity index (χ0n) is 17.1. The van der Waals surface area contributed by atoms with Crippen LogP contribution in [0.3, 0.4) is 0 Å². The first-order valence-electron chi connectivity index (χ1n) is 9.89. The first-order valence-corrected chi connectivity index (χ1v) is 9.89. The monoisotopic (exact) mass is 429 g/mol. The van der Waals surface area contributed by atoms with Gasteiger partial charge in [0.1, 0.15) is 0 Å². The van der Waals surface area contributed by atoms with Crippen molar-refractivity contribution in [1.29, 1.82) is 5.26 Å². The number of fused-ring (bicyclic) bond motifs is 3. The number of halogens is 3. The standard InChI is InChI=1S/C24H15F3N2.C2H3N/c25-24(26,27)21-15-20-18-13-7-8-14-19(18)22(16-9-3-1-4-10-16)23(29(20)28-21)17-11-5-2-6-12-17;1-2-3/h1-15H;1H3. The lowest BCUT2D eigenvalue weighted by atomic mass is 9.93. The summed E-state index contributed by atoms with van der Waals surface area (Å²) in [5, 5.41) is 12.9. The Bertz CT molecular complexity index is 1410. The van der Waals surface area contributed by atoms with Crippen molar-refractivity contribution in [2.75, 3.05) is 0 Å². The highest BCUT2D eigenvalue weighted by molar-refractivity contribution is 6.09. The number of aromatic nitrogens is 2. The Morgan fingerprint density at radius 3 is 1.84 bits per heavy atom. The van der Waals surface area contributed by atoms with Crippen LogP contribution in [-0.4, -0.2) is 9.61 Å². The molecule has 0 amide bonds. The summed E-state index contributed by atoms with van der Waals surface area (Å²) in [6, 6.07) is 29.5. The molecule has 0 unspecified atom stereocenters. The van der Waals surface area contributed by atoms with Gasteiger partial charge in [-0.3, -0.25) is 0 Å². The summed E-state index contributed by atoms with van der Waals surface area (Å²) in [7, 11) is 0. The molecule has 3 nitrogen and oxygen atoms in total. The van der Waals surface area contributed by atoms with E-state index < -0.39 is 11.9 Å². The summed E-state index contributed by atoms with van der Waals surface area (Å²) in [6.07, 6.45) is -4.52. The van der Waals surface area contributed by atoms with E-state index in [0.717, 1.165) is 33.5 Å². The Morgan fingerprint density at radius 2 is 1.28 bits per heavy atom. The van der Waals surface area contributed by atoms with E-state index in [1.807, 2.05) is 84.9 Å². The number of alkyl halides is 3. The average Bonchev–Trinajstić information content (AvgIpc) is 3.26. The van der Waals surface area contributed by atoms with Crippen LogP contribution in [0.4, 0.5) is 13.2 Å². The highest BCUT2D eigenvalue weighted by atomic mass is 19.4. The molecule has 2 aromatic heterocycles. The fraction of sp³-hybridized carbons (Fsp3) is 0.0769. The van der Waals surface area contributed by atoms with Gasteiger partial charge in [0.25, 0.3) is 0 Å². The molecule has 0 N–H and O–H groups in total. The Kier molecular flexibility index (Phi) is 5.65. The predicted octanol–water partition coefficient (Wildman–Crippen LogP) is 7.37. The van der Waals surface area contributed by atoms with Crippen molar-refractivity contribution in [2.24, 2.45) is 0 Å². The van der Waals surface area contributed by atoms with Crippen LogP contribution in [0.1, 0.15) is 12.6 Å². The average molecular weight is 429 g/mol. The van der Waals surface area contributed by atoms with Crippen molar-refractivity contribution in [3.8, 4) is 28.5 Å². The minimum absolute atomic E-state index is 0.437.